The minimum atomic E-state index is -4.89. The number of nitrogens with one attached hydrogen (secondary N) is 1. The number of carbonyl (C=O) groups excluding carboxylic acids is 1. The first-order valence-corrected chi connectivity index (χ1v) is 10.1. The van der Waals surface area contributed by atoms with Crippen LogP contribution >= 0.6 is 11.8 Å². The highest BCUT2D eigenvalue weighted by Crippen LogP contribution is 2.30. The third-order valence-corrected chi connectivity index (χ3v) is 5.89. The van der Waals surface area contributed by atoms with Gasteiger partial charge in [0, 0.05) is 17.2 Å². The van der Waals surface area contributed by atoms with Crippen LogP contribution in [0.2, 0.25) is 0 Å². The summed E-state index contributed by atoms with van der Waals surface area (Å²) >= 11 is 1.77. The highest BCUT2D eigenvalue weighted by atomic mass is 32.2. The molecule has 1 aromatic carbocycles. The monoisotopic (exact) mass is 389 g/mol. The van der Waals surface area contributed by atoms with Gasteiger partial charge in [-0.2, -0.15) is 13.2 Å². The first-order valence-electron chi connectivity index (χ1n) is 9.12. The van der Waals surface area contributed by atoms with Crippen molar-refractivity contribution in [1.29, 1.82) is 0 Å². The Hall–Kier alpha value is -1.21. The molecular weight excluding hydrogens is 363 g/mol. The summed E-state index contributed by atoms with van der Waals surface area (Å²) in [5.74, 6) is -0.188. The van der Waals surface area contributed by atoms with Crippen molar-refractivity contribution in [3.05, 3.63) is 29.8 Å². The zero-order valence-electron chi connectivity index (χ0n) is 14.7. The summed E-state index contributed by atoms with van der Waals surface area (Å²) in [5.41, 5.74) is 0.664. The van der Waals surface area contributed by atoms with Gasteiger partial charge in [-0.1, -0.05) is 37.8 Å². The standard InChI is InChI=1S/C19H26F3NO2S/c20-19(21,22)18(25)23-11-10-17(24)15-8-5-9-16(12-15)26-13-14-6-3-1-2-4-7-14/h5,8-9,12,14,17,24H,1-4,6-7,10-11,13H2,(H,23,25). The van der Waals surface area contributed by atoms with E-state index in [-0.39, 0.29) is 13.0 Å². The van der Waals surface area contributed by atoms with E-state index in [0.29, 0.717) is 5.56 Å². The smallest absolute Gasteiger partial charge is 0.388 e. The first-order chi connectivity index (χ1) is 12.4. The molecule has 1 aliphatic rings. The molecule has 0 spiro atoms. The minimum absolute atomic E-state index is 0.0402. The maximum atomic E-state index is 12.1. The molecule has 26 heavy (non-hydrogen) atoms. The number of hydrogen-bond donors (Lipinski definition) is 2. The average molecular weight is 389 g/mol. The second-order valence-electron chi connectivity index (χ2n) is 6.80. The van der Waals surface area contributed by atoms with Gasteiger partial charge in [-0.3, -0.25) is 4.79 Å². The fourth-order valence-corrected chi connectivity index (χ4v) is 4.30. The van der Waals surface area contributed by atoms with E-state index in [4.69, 9.17) is 0 Å². The van der Waals surface area contributed by atoms with Gasteiger partial charge in [-0.25, -0.2) is 0 Å². The molecule has 1 aromatic rings. The predicted octanol–water partition coefficient (Wildman–Crippen LogP) is 4.85. The third-order valence-electron chi connectivity index (χ3n) is 4.66. The molecule has 2 rings (SSSR count). The van der Waals surface area contributed by atoms with E-state index in [1.54, 1.807) is 23.1 Å². The molecule has 0 heterocycles. The van der Waals surface area contributed by atoms with Crippen LogP contribution < -0.4 is 5.32 Å². The number of benzene rings is 1. The molecule has 1 atom stereocenters. The lowest BCUT2D eigenvalue weighted by atomic mass is 10.0. The van der Waals surface area contributed by atoms with Gasteiger partial charge >= 0.3 is 12.1 Å². The number of aliphatic hydroxyl groups is 1. The molecule has 0 aliphatic heterocycles. The maximum Gasteiger partial charge on any atom is 0.471 e. The van der Waals surface area contributed by atoms with E-state index in [0.717, 1.165) is 16.6 Å². The molecule has 0 saturated heterocycles. The molecular formula is C19H26F3NO2S. The molecule has 3 nitrogen and oxygen atoms in total. The Labute approximate surface area is 156 Å². The number of hydrogen-bond acceptors (Lipinski definition) is 3. The highest BCUT2D eigenvalue weighted by Gasteiger charge is 2.38. The van der Waals surface area contributed by atoms with E-state index in [1.165, 1.54) is 38.5 Å². The Morgan fingerprint density at radius 1 is 1.23 bits per heavy atom. The summed E-state index contributed by atoms with van der Waals surface area (Å²) in [4.78, 5) is 11.8. The number of rotatable bonds is 7. The van der Waals surface area contributed by atoms with Crippen LogP contribution in [0.1, 0.15) is 56.6 Å². The van der Waals surface area contributed by atoms with Gasteiger partial charge in [0.1, 0.15) is 0 Å². The lowest BCUT2D eigenvalue weighted by molar-refractivity contribution is -0.173. The van der Waals surface area contributed by atoms with Crippen molar-refractivity contribution in [2.24, 2.45) is 5.92 Å². The van der Waals surface area contributed by atoms with Crippen LogP contribution in [0.5, 0.6) is 0 Å². The highest BCUT2D eigenvalue weighted by molar-refractivity contribution is 7.99. The van der Waals surface area contributed by atoms with Crippen LogP contribution in [0, 0.1) is 5.92 Å². The van der Waals surface area contributed by atoms with E-state index in [2.05, 4.69) is 0 Å². The number of thioether (sulfide) groups is 1. The Balaban J connectivity index is 1.80. The second kappa shape index (κ2) is 10.2. The summed E-state index contributed by atoms with van der Waals surface area (Å²) in [6, 6.07) is 7.48. The number of carbonyl (C=O) groups is 1. The zero-order valence-corrected chi connectivity index (χ0v) is 15.5. The molecule has 7 heteroatoms. The van der Waals surface area contributed by atoms with E-state index in [9.17, 15) is 23.1 Å². The van der Waals surface area contributed by atoms with Crippen molar-refractivity contribution in [2.45, 2.75) is 62.1 Å². The van der Waals surface area contributed by atoms with Gasteiger partial charge in [0.05, 0.1) is 6.10 Å². The Kier molecular flexibility index (Phi) is 8.28. The molecule has 0 aromatic heterocycles. The van der Waals surface area contributed by atoms with E-state index in [1.807, 2.05) is 18.2 Å². The molecule has 0 bridgehead atoms. The summed E-state index contributed by atoms with van der Waals surface area (Å²) < 4.78 is 36.4. The fourth-order valence-electron chi connectivity index (χ4n) is 3.15. The summed E-state index contributed by atoms with van der Waals surface area (Å²) in [6.45, 7) is -0.223. The number of aliphatic hydroxyl groups excluding tert-OH is 1. The Bertz CT molecular complexity index is 572. The third kappa shape index (κ3) is 7.19. The molecule has 1 amide bonds. The normalized spacial score (nSPS) is 17.5. The van der Waals surface area contributed by atoms with E-state index < -0.39 is 18.2 Å². The van der Waals surface area contributed by atoms with Crippen molar-refractivity contribution in [3.63, 3.8) is 0 Å². The Morgan fingerprint density at radius 2 is 1.92 bits per heavy atom. The zero-order chi connectivity index (χ0) is 19.0. The lowest BCUT2D eigenvalue weighted by Crippen LogP contribution is -2.37. The molecule has 0 radical (unpaired) electrons. The average Bonchev–Trinajstić information content (AvgIpc) is 2.88. The largest absolute Gasteiger partial charge is 0.471 e. The van der Waals surface area contributed by atoms with Crippen LogP contribution in [-0.4, -0.2) is 29.5 Å². The van der Waals surface area contributed by atoms with Crippen LogP contribution in [0.15, 0.2) is 29.2 Å². The van der Waals surface area contributed by atoms with Gasteiger partial charge in [0.15, 0.2) is 0 Å². The summed E-state index contributed by atoms with van der Waals surface area (Å²) in [5, 5.41) is 12.0. The number of halogens is 3. The Morgan fingerprint density at radius 3 is 2.58 bits per heavy atom. The van der Waals surface area contributed by atoms with E-state index >= 15 is 0 Å². The molecule has 2 N–H and O–H groups in total. The van der Waals surface area contributed by atoms with Crippen LogP contribution in [0.25, 0.3) is 0 Å². The minimum Gasteiger partial charge on any atom is -0.388 e. The quantitative estimate of drug-likeness (QED) is 0.518. The van der Waals surface area contributed by atoms with Gasteiger partial charge < -0.3 is 10.4 Å². The van der Waals surface area contributed by atoms with Crippen LogP contribution in [-0.2, 0) is 4.79 Å². The lowest BCUT2D eigenvalue weighted by Gasteiger charge is -2.15. The van der Waals surface area contributed by atoms with Crippen molar-refractivity contribution in [1.82, 2.24) is 5.32 Å². The van der Waals surface area contributed by atoms with Gasteiger partial charge in [0.2, 0.25) is 0 Å². The number of alkyl halides is 3. The van der Waals surface area contributed by atoms with Crippen molar-refractivity contribution in [3.8, 4) is 0 Å². The van der Waals surface area contributed by atoms with Gasteiger partial charge in [-0.15, -0.1) is 11.8 Å². The molecule has 1 aliphatic carbocycles. The molecule has 1 unspecified atom stereocenters. The van der Waals surface area contributed by atoms with Gasteiger partial charge in [-0.05, 0) is 42.9 Å². The molecule has 146 valence electrons. The van der Waals surface area contributed by atoms with Crippen LogP contribution in [0.3, 0.4) is 0 Å². The fraction of sp³-hybridized carbons (Fsp3) is 0.632. The second-order valence-corrected chi connectivity index (χ2v) is 7.89. The first kappa shape index (κ1) is 21.1. The van der Waals surface area contributed by atoms with Crippen molar-refractivity contribution >= 4 is 17.7 Å². The summed E-state index contributed by atoms with van der Waals surface area (Å²) in [6.07, 6.45) is 2.05. The topological polar surface area (TPSA) is 49.3 Å². The SMILES string of the molecule is O=C(NCCC(O)c1cccc(SCC2CCCCCC2)c1)C(F)(F)F. The summed E-state index contributed by atoms with van der Waals surface area (Å²) in [7, 11) is 0. The number of amides is 1. The maximum absolute atomic E-state index is 12.1. The molecule has 1 fully saturated rings. The van der Waals surface area contributed by atoms with Crippen LogP contribution in [0.4, 0.5) is 13.2 Å². The van der Waals surface area contributed by atoms with Crippen molar-refractivity contribution in [2.75, 3.05) is 12.3 Å². The molecule has 1 saturated carbocycles. The van der Waals surface area contributed by atoms with Crippen molar-refractivity contribution < 1.29 is 23.1 Å². The predicted molar refractivity (Wildman–Crippen MR) is 97.0 cm³/mol. The van der Waals surface area contributed by atoms with Gasteiger partial charge in [0.25, 0.3) is 0 Å².